The Labute approximate surface area is 139 Å². The van der Waals surface area contributed by atoms with Gasteiger partial charge in [-0.2, -0.15) is 0 Å². The Balaban J connectivity index is 1.55. The summed E-state index contributed by atoms with van der Waals surface area (Å²) in [6.45, 7) is 7.94. The number of Topliss-reactive ketones (excluding diaryl/α,β-unsaturated/α-hetero) is 1. The van der Waals surface area contributed by atoms with Crippen molar-refractivity contribution in [2.75, 3.05) is 29.4 Å². The fraction of sp³-hybridized carbons (Fsp3) is 0.650. The average Bonchev–Trinajstić information content (AvgIpc) is 2.56. The fourth-order valence-corrected chi connectivity index (χ4v) is 4.87. The van der Waals surface area contributed by atoms with Crippen LogP contribution in [0.4, 0.5) is 11.4 Å². The molecule has 2 atom stereocenters. The molecular weight excluding hydrogens is 284 g/mol. The van der Waals surface area contributed by atoms with Crippen molar-refractivity contribution in [3.63, 3.8) is 0 Å². The van der Waals surface area contributed by atoms with Crippen molar-refractivity contribution < 1.29 is 4.79 Å². The third-order valence-corrected chi connectivity index (χ3v) is 6.22. The lowest BCUT2D eigenvalue weighted by atomic mass is 9.64. The van der Waals surface area contributed by atoms with Crippen LogP contribution in [0, 0.1) is 11.3 Å². The van der Waals surface area contributed by atoms with Gasteiger partial charge in [0, 0.05) is 49.4 Å². The molecule has 0 amide bonds. The van der Waals surface area contributed by atoms with Crippen molar-refractivity contribution in [2.24, 2.45) is 11.3 Å². The molecule has 0 radical (unpaired) electrons. The van der Waals surface area contributed by atoms with Gasteiger partial charge in [-0.15, -0.1) is 0 Å². The first-order chi connectivity index (χ1) is 11.0. The Morgan fingerprint density at radius 3 is 2.30 bits per heavy atom. The largest absolute Gasteiger partial charge is 0.372 e. The van der Waals surface area contributed by atoms with Crippen molar-refractivity contribution in [3.8, 4) is 0 Å². The van der Waals surface area contributed by atoms with Crippen LogP contribution >= 0.6 is 0 Å². The van der Waals surface area contributed by atoms with Crippen molar-refractivity contribution in [2.45, 2.75) is 52.0 Å². The number of hydrogen-bond acceptors (Lipinski definition) is 3. The Morgan fingerprint density at radius 2 is 1.65 bits per heavy atom. The number of hydrogen-bond donors (Lipinski definition) is 0. The summed E-state index contributed by atoms with van der Waals surface area (Å²) in [5.74, 6) is 0.715. The van der Waals surface area contributed by atoms with Crippen LogP contribution in [-0.4, -0.2) is 31.5 Å². The summed E-state index contributed by atoms with van der Waals surface area (Å²) in [7, 11) is 0. The van der Waals surface area contributed by atoms with E-state index in [-0.39, 0.29) is 11.3 Å². The van der Waals surface area contributed by atoms with Gasteiger partial charge >= 0.3 is 0 Å². The van der Waals surface area contributed by atoms with E-state index >= 15 is 0 Å². The van der Waals surface area contributed by atoms with Crippen LogP contribution in [-0.2, 0) is 4.79 Å². The lowest BCUT2D eigenvalue weighted by molar-refractivity contribution is -0.130. The van der Waals surface area contributed by atoms with Gasteiger partial charge < -0.3 is 9.80 Å². The van der Waals surface area contributed by atoms with Crippen LogP contribution in [0.2, 0.25) is 0 Å². The highest BCUT2D eigenvalue weighted by Gasteiger charge is 2.49. The Bertz CT molecular complexity index is 586. The van der Waals surface area contributed by atoms with E-state index in [1.54, 1.807) is 0 Å². The highest BCUT2D eigenvalue weighted by atomic mass is 16.1. The Hall–Kier alpha value is -1.51. The number of piperidine rings is 3. The standard InChI is InChI=1S/C20H28N2O/c1-20(2)13-15-14-22(19(20)12-18(15)23)17-8-6-16(7-9-17)21-10-4-3-5-11-21/h6-9,15,19H,3-5,10-14H2,1-2H3/t15-,19+/m1/s1. The molecule has 1 saturated carbocycles. The zero-order valence-corrected chi connectivity index (χ0v) is 14.4. The normalized spacial score (nSPS) is 29.9. The first-order valence-corrected chi connectivity index (χ1v) is 9.19. The van der Waals surface area contributed by atoms with Gasteiger partial charge in [-0.3, -0.25) is 4.79 Å². The molecule has 4 aliphatic rings. The molecule has 4 fully saturated rings. The van der Waals surface area contributed by atoms with E-state index in [9.17, 15) is 4.79 Å². The van der Waals surface area contributed by atoms with Gasteiger partial charge in [-0.1, -0.05) is 13.8 Å². The zero-order chi connectivity index (χ0) is 16.0. The molecule has 0 aromatic heterocycles. The number of benzene rings is 1. The summed E-state index contributed by atoms with van der Waals surface area (Å²) in [6, 6.07) is 9.45. The second-order valence-corrected chi connectivity index (χ2v) is 8.29. The lowest BCUT2D eigenvalue weighted by Gasteiger charge is -2.54. The predicted molar refractivity (Wildman–Crippen MR) is 95.2 cm³/mol. The molecular formula is C20H28N2O. The van der Waals surface area contributed by atoms with Crippen molar-refractivity contribution in [1.82, 2.24) is 0 Å². The molecule has 1 aromatic rings. The van der Waals surface area contributed by atoms with Crippen LogP contribution in [0.1, 0.15) is 46.0 Å². The summed E-state index contributed by atoms with van der Waals surface area (Å²) in [5, 5.41) is 0. The monoisotopic (exact) mass is 312 g/mol. The first-order valence-electron chi connectivity index (χ1n) is 9.19. The lowest BCUT2D eigenvalue weighted by Crippen LogP contribution is -2.60. The van der Waals surface area contributed by atoms with Crippen LogP contribution in [0.25, 0.3) is 0 Å². The van der Waals surface area contributed by atoms with Crippen molar-refractivity contribution >= 4 is 17.2 Å². The zero-order valence-electron chi connectivity index (χ0n) is 14.4. The van der Waals surface area contributed by atoms with Crippen LogP contribution in [0.3, 0.4) is 0 Å². The third-order valence-electron chi connectivity index (χ3n) is 6.22. The highest BCUT2D eigenvalue weighted by molar-refractivity contribution is 5.86. The number of fused-ring (bicyclic) bond motifs is 3. The number of rotatable bonds is 2. The second-order valence-electron chi connectivity index (χ2n) is 8.29. The molecule has 23 heavy (non-hydrogen) atoms. The van der Waals surface area contributed by atoms with E-state index in [0.717, 1.165) is 19.4 Å². The molecule has 124 valence electrons. The van der Waals surface area contributed by atoms with Crippen LogP contribution in [0.15, 0.2) is 24.3 Å². The van der Waals surface area contributed by atoms with E-state index < -0.39 is 0 Å². The smallest absolute Gasteiger partial charge is 0.139 e. The summed E-state index contributed by atoms with van der Waals surface area (Å²) in [6.07, 6.45) is 5.78. The Kier molecular flexibility index (Phi) is 3.62. The quantitative estimate of drug-likeness (QED) is 0.828. The first kappa shape index (κ1) is 15.0. The molecule has 2 bridgehead atoms. The topological polar surface area (TPSA) is 23.6 Å². The molecule has 1 aliphatic carbocycles. The molecule has 5 rings (SSSR count). The maximum absolute atomic E-state index is 12.1. The second kappa shape index (κ2) is 5.54. The minimum atomic E-state index is 0.233. The van der Waals surface area contributed by atoms with E-state index in [1.165, 1.54) is 43.7 Å². The summed E-state index contributed by atoms with van der Waals surface area (Å²) < 4.78 is 0. The minimum Gasteiger partial charge on any atom is -0.372 e. The van der Waals surface area contributed by atoms with E-state index in [2.05, 4.69) is 47.9 Å². The SMILES string of the molecule is CC1(C)C[C@@H]2CN(c3ccc(N4CCCCC4)cc3)[C@H]1CC2=O. The minimum absolute atomic E-state index is 0.233. The van der Waals surface area contributed by atoms with Crippen LogP contribution < -0.4 is 9.80 Å². The number of carbonyl (C=O) groups is 1. The molecule has 3 aliphatic heterocycles. The molecule has 3 saturated heterocycles. The molecule has 1 aromatic carbocycles. The molecule has 3 nitrogen and oxygen atoms in total. The van der Waals surface area contributed by atoms with Gasteiger partial charge in [0.1, 0.15) is 5.78 Å². The Morgan fingerprint density at radius 1 is 1.00 bits per heavy atom. The number of carbonyl (C=O) groups excluding carboxylic acids is 1. The van der Waals surface area contributed by atoms with Crippen molar-refractivity contribution in [1.29, 1.82) is 0 Å². The van der Waals surface area contributed by atoms with Gasteiger partial charge in [0.05, 0.1) is 0 Å². The van der Waals surface area contributed by atoms with Crippen LogP contribution in [0.5, 0.6) is 0 Å². The average molecular weight is 312 g/mol. The summed E-state index contributed by atoms with van der Waals surface area (Å²) >= 11 is 0. The highest BCUT2D eigenvalue weighted by Crippen LogP contribution is 2.46. The predicted octanol–water partition coefficient (Wildman–Crippen LogP) is 3.87. The maximum atomic E-state index is 12.1. The van der Waals surface area contributed by atoms with E-state index in [4.69, 9.17) is 0 Å². The van der Waals surface area contributed by atoms with E-state index in [1.807, 2.05) is 0 Å². The third kappa shape index (κ3) is 2.64. The molecule has 0 unspecified atom stereocenters. The number of nitrogens with zero attached hydrogens (tertiary/aromatic N) is 2. The van der Waals surface area contributed by atoms with Gasteiger partial charge in [-0.05, 0) is 55.4 Å². The molecule has 0 spiro atoms. The number of anilines is 2. The van der Waals surface area contributed by atoms with Gasteiger partial charge in [0.2, 0.25) is 0 Å². The molecule has 0 N–H and O–H groups in total. The summed E-state index contributed by atoms with van der Waals surface area (Å²) in [4.78, 5) is 17.1. The fourth-order valence-electron chi connectivity index (χ4n) is 4.87. The van der Waals surface area contributed by atoms with Gasteiger partial charge in [-0.25, -0.2) is 0 Å². The maximum Gasteiger partial charge on any atom is 0.139 e. The molecule has 3 heterocycles. The van der Waals surface area contributed by atoms with E-state index in [0.29, 0.717) is 11.8 Å². The molecule has 3 heteroatoms. The number of ketones is 1. The van der Waals surface area contributed by atoms with Gasteiger partial charge in [0.25, 0.3) is 0 Å². The van der Waals surface area contributed by atoms with Crippen molar-refractivity contribution in [3.05, 3.63) is 24.3 Å². The van der Waals surface area contributed by atoms with Gasteiger partial charge in [0.15, 0.2) is 0 Å². The summed E-state index contributed by atoms with van der Waals surface area (Å²) in [5.41, 5.74) is 2.88.